The first kappa shape index (κ1) is 27.3. The van der Waals surface area contributed by atoms with Crippen LogP contribution in [0, 0.1) is 23.5 Å². The SMILES string of the molecule is CC(C)C[C@@H]1C(=O)N[C@H](C2Cc3ccccc3C2)C(=O)N1[C@H](C(=O)Nc1ccccc1O)c1ccc(F)cc1F. The Bertz CT molecular complexity index is 1430. The second-order valence-corrected chi connectivity index (χ2v) is 10.9. The van der Waals surface area contributed by atoms with Crippen LogP contribution in [0.5, 0.6) is 5.75 Å². The fraction of sp³-hybridized carbons (Fsp3) is 0.323. The van der Waals surface area contributed by atoms with Gasteiger partial charge in [0.15, 0.2) is 0 Å². The van der Waals surface area contributed by atoms with Crippen molar-refractivity contribution in [3.05, 3.63) is 95.1 Å². The molecule has 7 nitrogen and oxygen atoms in total. The number of nitrogens with one attached hydrogen (secondary N) is 2. The number of amides is 3. The molecule has 208 valence electrons. The van der Waals surface area contributed by atoms with Crippen LogP contribution in [-0.4, -0.2) is 39.8 Å². The van der Waals surface area contributed by atoms with Crippen LogP contribution < -0.4 is 10.6 Å². The van der Waals surface area contributed by atoms with Crippen molar-refractivity contribution >= 4 is 23.4 Å². The van der Waals surface area contributed by atoms with E-state index in [-0.39, 0.29) is 35.3 Å². The molecule has 40 heavy (non-hydrogen) atoms. The molecule has 2 aliphatic rings. The van der Waals surface area contributed by atoms with Gasteiger partial charge < -0.3 is 20.6 Å². The van der Waals surface area contributed by atoms with E-state index < -0.39 is 47.5 Å². The van der Waals surface area contributed by atoms with Gasteiger partial charge in [0.25, 0.3) is 5.91 Å². The van der Waals surface area contributed by atoms with Crippen molar-refractivity contribution in [1.29, 1.82) is 0 Å². The van der Waals surface area contributed by atoms with Crippen LogP contribution in [0.15, 0.2) is 66.7 Å². The summed E-state index contributed by atoms with van der Waals surface area (Å²) < 4.78 is 29.2. The summed E-state index contributed by atoms with van der Waals surface area (Å²) >= 11 is 0. The zero-order valence-electron chi connectivity index (χ0n) is 22.2. The Hall–Kier alpha value is -4.27. The quantitative estimate of drug-likeness (QED) is 0.379. The number of rotatable bonds is 7. The van der Waals surface area contributed by atoms with Crippen LogP contribution in [-0.2, 0) is 27.2 Å². The number of carbonyl (C=O) groups excluding carboxylic acids is 3. The van der Waals surface area contributed by atoms with E-state index in [0.717, 1.165) is 28.2 Å². The number of anilines is 1. The maximum absolute atomic E-state index is 15.3. The van der Waals surface area contributed by atoms with Gasteiger partial charge in [0.05, 0.1) is 5.69 Å². The van der Waals surface area contributed by atoms with Crippen molar-refractivity contribution in [3.8, 4) is 5.75 Å². The Balaban J connectivity index is 1.58. The molecule has 1 saturated heterocycles. The van der Waals surface area contributed by atoms with E-state index in [1.165, 1.54) is 12.1 Å². The van der Waals surface area contributed by atoms with E-state index in [0.29, 0.717) is 18.9 Å². The summed E-state index contributed by atoms with van der Waals surface area (Å²) in [6.45, 7) is 3.76. The summed E-state index contributed by atoms with van der Waals surface area (Å²) in [6.07, 6.45) is 1.35. The van der Waals surface area contributed by atoms with Gasteiger partial charge in [-0.05, 0) is 60.4 Å². The molecule has 1 fully saturated rings. The summed E-state index contributed by atoms with van der Waals surface area (Å²) in [6, 6.07) is 13.0. The molecule has 1 heterocycles. The first-order valence-electron chi connectivity index (χ1n) is 13.4. The van der Waals surface area contributed by atoms with Crippen molar-refractivity contribution in [3.63, 3.8) is 0 Å². The van der Waals surface area contributed by atoms with E-state index in [9.17, 15) is 23.9 Å². The minimum absolute atomic E-state index is 0.0433. The number of phenolic OH excluding ortho intramolecular Hbond substituents is 1. The number of hydrogen-bond donors (Lipinski definition) is 3. The smallest absolute Gasteiger partial charge is 0.252 e. The molecule has 3 aromatic rings. The second-order valence-electron chi connectivity index (χ2n) is 10.9. The number of nitrogens with zero attached hydrogens (tertiary/aromatic N) is 1. The van der Waals surface area contributed by atoms with Crippen LogP contribution >= 0.6 is 0 Å². The lowest BCUT2D eigenvalue weighted by Gasteiger charge is -2.44. The summed E-state index contributed by atoms with van der Waals surface area (Å²) in [7, 11) is 0. The van der Waals surface area contributed by atoms with Gasteiger partial charge >= 0.3 is 0 Å². The molecule has 0 radical (unpaired) electrons. The zero-order chi connectivity index (χ0) is 28.6. The lowest BCUT2D eigenvalue weighted by Crippen LogP contribution is -2.67. The highest BCUT2D eigenvalue weighted by atomic mass is 19.1. The summed E-state index contributed by atoms with van der Waals surface area (Å²) in [4.78, 5) is 43.0. The van der Waals surface area contributed by atoms with Crippen molar-refractivity contribution in [1.82, 2.24) is 10.2 Å². The monoisotopic (exact) mass is 547 g/mol. The van der Waals surface area contributed by atoms with Crippen LogP contribution in [0.2, 0.25) is 0 Å². The molecule has 9 heteroatoms. The Kier molecular flexibility index (Phi) is 7.56. The number of aromatic hydroxyl groups is 1. The number of fused-ring (bicyclic) bond motifs is 1. The predicted molar refractivity (Wildman–Crippen MR) is 145 cm³/mol. The van der Waals surface area contributed by atoms with Crippen molar-refractivity contribution in [2.24, 2.45) is 11.8 Å². The Morgan fingerprint density at radius 3 is 2.30 bits per heavy atom. The van der Waals surface area contributed by atoms with Crippen LogP contribution in [0.1, 0.15) is 43.0 Å². The molecule has 1 aliphatic heterocycles. The standard InChI is InChI=1S/C31H31F2N3O4/c1-17(2)13-25-29(38)35-27(20-14-18-7-3-4-8-19(18)15-20)31(40)36(25)28(22-12-11-21(32)16-23(22)33)30(39)34-24-9-5-6-10-26(24)37/h3-12,16-17,20,25,27-28,37H,13-15H2,1-2H3,(H,34,39)(H,35,38)/t25-,27-,28+/m1/s1. The number of carbonyl (C=O) groups is 3. The summed E-state index contributed by atoms with van der Waals surface area (Å²) in [5, 5.41) is 15.7. The number of benzene rings is 3. The lowest BCUT2D eigenvalue weighted by molar-refractivity contribution is -0.157. The van der Waals surface area contributed by atoms with E-state index >= 15 is 4.39 Å². The van der Waals surface area contributed by atoms with Crippen molar-refractivity contribution in [2.45, 2.75) is 51.2 Å². The number of halogens is 2. The van der Waals surface area contributed by atoms with E-state index in [1.807, 2.05) is 38.1 Å². The Labute approximate surface area is 231 Å². The average Bonchev–Trinajstić information content (AvgIpc) is 3.34. The van der Waals surface area contributed by atoms with Gasteiger partial charge in [-0.25, -0.2) is 8.78 Å². The average molecular weight is 548 g/mol. The number of piperazine rings is 1. The van der Waals surface area contributed by atoms with Gasteiger partial charge in [-0.2, -0.15) is 0 Å². The minimum Gasteiger partial charge on any atom is -0.506 e. The molecule has 1 aliphatic carbocycles. The van der Waals surface area contributed by atoms with Crippen LogP contribution in [0.25, 0.3) is 0 Å². The molecule has 0 saturated carbocycles. The van der Waals surface area contributed by atoms with Crippen LogP contribution in [0.4, 0.5) is 14.5 Å². The number of hydrogen-bond acceptors (Lipinski definition) is 4. The Morgan fingerprint density at radius 1 is 1.02 bits per heavy atom. The molecule has 0 bridgehead atoms. The van der Waals surface area contributed by atoms with Gasteiger partial charge in [-0.1, -0.05) is 56.3 Å². The molecule has 5 rings (SSSR count). The zero-order valence-corrected chi connectivity index (χ0v) is 22.2. The first-order chi connectivity index (χ1) is 19.1. The minimum atomic E-state index is -1.60. The Morgan fingerprint density at radius 2 is 1.68 bits per heavy atom. The maximum atomic E-state index is 15.3. The molecule has 3 amide bonds. The lowest BCUT2D eigenvalue weighted by atomic mass is 9.87. The molecular weight excluding hydrogens is 516 g/mol. The molecule has 0 aromatic heterocycles. The normalized spacial score (nSPS) is 19.9. The van der Waals surface area contributed by atoms with E-state index in [4.69, 9.17) is 0 Å². The molecule has 0 unspecified atom stereocenters. The van der Waals surface area contributed by atoms with Gasteiger partial charge in [-0.3, -0.25) is 14.4 Å². The van der Waals surface area contributed by atoms with Gasteiger partial charge in [0.2, 0.25) is 11.8 Å². The van der Waals surface area contributed by atoms with Gasteiger partial charge in [-0.15, -0.1) is 0 Å². The third kappa shape index (κ3) is 5.28. The fourth-order valence-electron chi connectivity index (χ4n) is 5.80. The highest BCUT2D eigenvalue weighted by molar-refractivity contribution is 6.03. The van der Waals surface area contributed by atoms with E-state index in [1.54, 1.807) is 12.1 Å². The predicted octanol–water partition coefficient (Wildman–Crippen LogP) is 4.51. The largest absolute Gasteiger partial charge is 0.506 e. The maximum Gasteiger partial charge on any atom is 0.252 e. The number of para-hydroxylation sites is 2. The van der Waals surface area contributed by atoms with Crippen LogP contribution in [0.3, 0.4) is 0 Å². The van der Waals surface area contributed by atoms with Gasteiger partial charge in [0.1, 0.15) is 35.5 Å². The van der Waals surface area contributed by atoms with Gasteiger partial charge in [0, 0.05) is 11.6 Å². The summed E-state index contributed by atoms with van der Waals surface area (Å²) in [5.74, 6) is -4.17. The molecule has 3 atom stereocenters. The van der Waals surface area contributed by atoms with Crippen molar-refractivity contribution < 1.29 is 28.3 Å². The topological polar surface area (TPSA) is 98.7 Å². The fourth-order valence-corrected chi connectivity index (χ4v) is 5.80. The highest BCUT2D eigenvalue weighted by Gasteiger charge is 2.50. The third-order valence-corrected chi connectivity index (χ3v) is 7.65. The third-order valence-electron chi connectivity index (χ3n) is 7.65. The van der Waals surface area contributed by atoms with E-state index in [2.05, 4.69) is 10.6 Å². The molecule has 0 spiro atoms. The van der Waals surface area contributed by atoms with Crippen molar-refractivity contribution in [2.75, 3.05) is 5.32 Å². The number of phenols is 1. The molecular formula is C31H31F2N3O4. The second kappa shape index (κ2) is 11.1. The molecule has 3 aromatic carbocycles. The summed E-state index contributed by atoms with van der Waals surface area (Å²) in [5.41, 5.74) is 1.98. The first-order valence-corrected chi connectivity index (χ1v) is 13.4. The molecule has 3 N–H and O–H groups in total. The highest BCUT2D eigenvalue weighted by Crippen LogP contribution is 2.37.